The van der Waals surface area contributed by atoms with Gasteiger partial charge in [0.1, 0.15) is 11.5 Å². The zero-order chi connectivity index (χ0) is 22.7. The van der Waals surface area contributed by atoms with Gasteiger partial charge in [-0.25, -0.2) is 0 Å². The maximum absolute atomic E-state index is 13.5. The highest BCUT2D eigenvalue weighted by molar-refractivity contribution is 6.06. The van der Waals surface area contributed by atoms with Crippen molar-refractivity contribution in [3.8, 4) is 11.5 Å². The van der Waals surface area contributed by atoms with Crippen LogP contribution < -0.4 is 19.9 Å². The lowest BCUT2D eigenvalue weighted by atomic mass is 10.1. The second-order valence-corrected chi connectivity index (χ2v) is 7.54. The number of carbonyl (C=O) groups is 1. The molecule has 6 heteroatoms. The van der Waals surface area contributed by atoms with Crippen molar-refractivity contribution < 1.29 is 14.3 Å². The van der Waals surface area contributed by atoms with Gasteiger partial charge in [0, 0.05) is 28.4 Å². The van der Waals surface area contributed by atoms with E-state index < -0.39 is 0 Å². The normalized spacial score (nSPS) is 10.7. The summed E-state index contributed by atoms with van der Waals surface area (Å²) in [6.07, 6.45) is 0. The molecule has 0 aliphatic rings. The second kappa shape index (κ2) is 8.98. The lowest BCUT2D eigenvalue weighted by molar-refractivity contribution is 0.0985. The van der Waals surface area contributed by atoms with E-state index in [9.17, 15) is 9.59 Å². The predicted octanol–water partition coefficient (Wildman–Crippen LogP) is 4.70. The zero-order valence-electron chi connectivity index (χ0n) is 18.2. The van der Waals surface area contributed by atoms with Crippen LogP contribution in [0.5, 0.6) is 11.5 Å². The fraction of sp³-hybridized carbons (Fsp3) is 0.154. The summed E-state index contributed by atoms with van der Waals surface area (Å²) in [5.74, 6) is 1.05. The number of methoxy groups -OCH3 is 2. The van der Waals surface area contributed by atoms with Crippen molar-refractivity contribution in [1.29, 1.82) is 0 Å². The number of ether oxygens (including phenoxy) is 2. The van der Waals surface area contributed by atoms with E-state index >= 15 is 0 Å². The number of hydrogen-bond donors (Lipinski definition) is 1. The zero-order valence-corrected chi connectivity index (χ0v) is 18.2. The van der Waals surface area contributed by atoms with Gasteiger partial charge in [-0.15, -0.1) is 0 Å². The molecular weight excluding hydrogens is 404 g/mol. The Bertz CT molecular complexity index is 1330. The van der Waals surface area contributed by atoms with Crippen molar-refractivity contribution in [3.05, 3.63) is 99.8 Å². The van der Waals surface area contributed by atoms with Crippen LogP contribution in [0.1, 0.15) is 21.5 Å². The number of aromatic amines is 1. The van der Waals surface area contributed by atoms with Crippen LogP contribution in [0.2, 0.25) is 0 Å². The van der Waals surface area contributed by atoms with Gasteiger partial charge in [-0.2, -0.15) is 0 Å². The number of benzene rings is 3. The van der Waals surface area contributed by atoms with Crippen LogP contribution in [0, 0.1) is 6.92 Å². The van der Waals surface area contributed by atoms with E-state index in [1.165, 1.54) is 0 Å². The largest absolute Gasteiger partial charge is 0.497 e. The first-order valence-electron chi connectivity index (χ1n) is 10.2. The summed E-state index contributed by atoms with van der Waals surface area (Å²) >= 11 is 0. The lowest BCUT2D eigenvalue weighted by Crippen LogP contribution is -2.32. The molecule has 0 bridgehead atoms. The average Bonchev–Trinajstić information content (AvgIpc) is 2.82. The van der Waals surface area contributed by atoms with Gasteiger partial charge in [0.25, 0.3) is 11.5 Å². The first-order valence-corrected chi connectivity index (χ1v) is 10.2. The molecule has 1 aromatic heterocycles. The first-order chi connectivity index (χ1) is 15.5. The van der Waals surface area contributed by atoms with Crippen LogP contribution in [-0.2, 0) is 6.54 Å². The Morgan fingerprint density at radius 3 is 2.38 bits per heavy atom. The Hall–Kier alpha value is -4.06. The summed E-state index contributed by atoms with van der Waals surface area (Å²) < 4.78 is 10.5. The summed E-state index contributed by atoms with van der Waals surface area (Å²) in [6, 6.07) is 21.8. The fourth-order valence-corrected chi connectivity index (χ4v) is 3.61. The van der Waals surface area contributed by atoms with Crippen molar-refractivity contribution in [2.75, 3.05) is 19.1 Å². The molecule has 6 nitrogen and oxygen atoms in total. The van der Waals surface area contributed by atoms with Crippen LogP contribution in [0.15, 0.2) is 77.6 Å². The van der Waals surface area contributed by atoms with Crippen molar-refractivity contribution in [2.24, 2.45) is 0 Å². The summed E-state index contributed by atoms with van der Waals surface area (Å²) in [6.45, 7) is 2.11. The Morgan fingerprint density at radius 1 is 0.906 bits per heavy atom. The third kappa shape index (κ3) is 4.34. The number of aromatic nitrogens is 1. The molecule has 4 aromatic rings. The second-order valence-electron chi connectivity index (χ2n) is 7.54. The molecule has 32 heavy (non-hydrogen) atoms. The molecule has 162 valence electrons. The molecule has 0 atom stereocenters. The maximum Gasteiger partial charge on any atom is 0.258 e. The standard InChI is InChI=1S/C26H24N2O4/c1-17-7-12-24-19(13-17)14-20(25(29)27-24)16-28(21-5-4-6-23(15-21)32-3)26(30)18-8-10-22(31-2)11-9-18/h4-15H,16H2,1-3H3,(H,27,29). The molecule has 0 aliphatic heterocycles. The molecule has 0 aliphatic carbocycles. The summed E-state index contributed by atoms with van der Waals surface area (Å²) in [7, 11) is 3.15. The molecule has 4 rings (SSSR count). The Morgan fingerprint density at radius 2 is 1.66 bits per heavy atom. The van der Waals surface area contributed by atoms with Crippen molar-refractivity contribution in [2.45, 2.75) is 13.5 Å². The summed E-state index contributed by atoms with van der Waals surface area (Å²) in [5, 5.41) is 0.919. The minimum absolute atomic E-state index is 0.108. The highest BCUT2D eigenvalue weighted by Gasteiger charge is 2.20. The number of H-pyrrole nitrogens is 1. The van der Waals surface area contributed by atoms with E-state index in [2.05, 4.69) is 4.98 Å². The maximum atomic E-state index is 13.5. The van der Waals surface area contributed by atoms with Gasteiger partial charge in [0.05, 0.1) is 20.8 Å². The average molecular weight is 428 g/mol. The molecule has 0 fully saturated rings. The highest BCUT2D eigenvalue weighted by atomic mass is 16.5. The SMILES string of the molecule is COc1ccc(C(=O)N(Cc2cc3cc(C)ccc3[nH]c2=O)c2cccc(OC)c2)cc1. The lowest BCUT2D eigenvalue weighted by Gasteiger charge is -2.23. The van der Waals surface area contributed by atoms with E-state index in [4.69, 9.17) is 9.47 Å². The smallest absolute Gasteiger partial charge is 0.258 e. The van der Waals surface area contributed by atoms with Crippen molar-refractivity contribution in [1.82, 2.24) is 4.98 Å². The van der Waals surface area contributed by atoms with Crippen molar-refractivity contribution in [3.63, 3.8) is 0 Å². The third-order valence-corrected chi connectivity index (χ3v) is 5.35. The number of carbonyl (C=O) groups excluding carboxylic acids is 1. The van der Waals surface area contributed by atoms with Gasteiger partial charge in [0.15, 0.2) is 0 Å². The number of fused-ring (bicyclic) bond motifs is 1. The third-order valence-electron chi connectivity index (χ3n) is 5.35. The van der Waals surface area contributed by atoms with Crippen LogP contribution in [0.3, 0.4) is 0 Å². The molecular formula is C26H24N2O4. The van der Waals surface area contributed by atoms with Gasteiger partial charge < -0.3 is 19.4 Å². The Kier molecular flexibility index (Phi) is 5.94. The number of amides is 1. The molecule has 1 N–H and O–H groups in total. The van der Waals surface area contributed by atoms with E-state index in [1.54, 1.807) is 49.5 Å². The first kappa shape index (κ1) is 21.2. The minimum Gasteiger partial charge on any atom is -0.497 e. The predicted molar refractivity (Wildman–Crippen MR) is 126 cm³/mol. The van der Waals surface area contributed by atoms with E-state index in [0.29, 0.717) is 28.3 Å². The molecule has 0 radical (unpaired) electrons. The van der Waals surface area contributed by atoms with Gasteiger partial charge >= 0.3 is 0 Å². The van der Waals surface area contributed by atoms with Gasteiger partial charge in [0.2, 0.25) is 0 Å². The summed E-state index contributed by atoms with van der Waals surface area (Å²) in [5.41, 5.74) is 3.24. The number of anilines is 1. The number of rotatable bonds is 6. The number of nitrogens with zero attached hydrogens (tertiary/aromatic N) is 1. The number of aryl methyl sites for hydroxylation is 1. The van der Waals surface area contributed by atoms with Crippen molar-refractivity contribution >= 4 is 22.5 Å². The molecule has 0 unspecified atom stereocenters. The number of hydrogen-bond acceptors (Lipinski definition) is 4. The molecule has 1 heterocycles. The Labute approximate surface area is 186 Å². The van der Waals surface area contributed by atoms with Gasteiger partial charge in [-0.3, -0.25) is 9.59 Å². The minimum atomic E-state index is -0.232. The molecule has 0 saturated carbocycles. The van der Waals surface area contributed by atoms with Crippen LogP contribution in [-0.4, -0.2) is 25.1 Å². The number of pyridine rings is 1. The fourth-order valence-electron chi connectivity index (χ4n) is 3.61. The van der Waals surface area contributed by atoms with E-state index in [0.717, 1.165) is 16.5 Å². The topological polar surface area (TPSA) is 71.6 Å². The molecule has 0 spiro atoms. The van der Waals surface area contributed by atoms with Crippen LogP contribution >= 0.6 is 0 Å². The van der Waals surface area contributed by atoms with Gasteiger partial charge in [-0.1, -0.05) is 17.7 Å². The molecule has 1 amide bonds. The highest BCUT2D eigenvalue weighted by Crippen LogP contribution is 2.25. The van der Waals surface area contributed by atoms with E-state index in [-0.39, 0.29) is 18.0 Å². The Balaban J connectivity index is 1.78. The van der Waals surface area contributed by atoms with E-state index in [1.807, 2.05) is 49.4 Å². The number of nitrogens with one attached hydrogen (secondary N) is 1. The quantitative estimate of drug-likeness (QED) is 0.483. The monoisotopic (exact) mass is 428 g/mol. The van der Waals surface area contributed by atoms with Gasteiger partial charge in [-0.05, 0) is 66.9 Å². The molecule has 3 aromatic carbocycles. The molecule has 0 saturated heterocycles. The van der Waals surface area contributed by atoms with Crippen LogP contribution in [0.4, 0.5) is 5.69 Å². The van der Waals surface area contributed by atoms with Crippen LogP contribution in [0.25, 0.3) is 10.9 Å². The summed E-state index contributed by atoms with van der Waals surface area (Å²) in [4.78, 5) is 30.8.